The number of nitrogens with zero attached hydrogens (tertiary/aromatic N) is 2. The third kappa shape index (κ3) is 2.70. The van der Waals surface area contributed by atoms with Gasteiger partial charge in [0.05, 0.1) is 26.7 Å². The van der Waals surface area contributed by atoms with E-state index < -0.39 is 0 Å². The van der Waals surface area contributed by atoms with E-state index in [4.69, 9.17) is 0 Å². The molecule has 0 aromatic rings. The zero-order valence-corrected chi connectivity index (χ0v) is 12.5. The third-order valence-electron chi connectivity index (χ3n) is 3.90. The van der Waals surface area contributed by atoms with Crippen LogP contribution in [0.2, 0.25) is 0 Å². The number of piperidine rings is 1. The van der Waals surface area contributed by atoms with E-state index in [2.05, 4.69) is 48.8 Å². The minimum absolute atomic E-state index is 0. The van der Waals surface area contributed by atoms with E-state index in [1.165, 1.54) is 6.42 Å². The summed E-state index contributed by atoms with van der Waals surface area (Å²) in [6, 6.07) is 0.468. The lowest BCUT2D eigenvalue weighted by atomic mass is 9.77. The Morgan fingerprint density at radius 1 is 1.12 bits per heavy atom. The number of halogens is 1. The lowest BCUT2D eigenvalue weighted by Crippen LogP contribution is -3.00. The summed E-state index contributed by atoms with van der Waals surface area (Å²) in [6.07, 6.45) is 2.22. The monoisotopic (exact) mass is 250 g/mol. The smallest absolute Gasteiger partial charge is 0.109 e. The first kappa shape index (κ1) is 16.2. The molecular weight excluding hydrogens is 224 g/mol. The van der Waals surface area contributed by atoms with Gasteiger partial charge in [-0.3, -0.25) is 0 Å². The Bertz CT molecular complexity index is 246. The fourth-order valence-corrected chi connectivity index (χ4v) is 3.21. The average molecular weight is 251 g/mol. The molecule has 1 fully saturated rings. The van der Waals surface area contributed by atoms with Gasteiger partial charge in [-0.05, 0) is 34.1 Å². The summed E-state index contributed by atoms with van der Waals surface area (Å²) in [5.74, 6) is 0. The van der Waals surface area contributed by atoms with Crippen molar-refractivity contribution in [1.82, 2.24) is 5.06 Å². The molecule has 1 heterocycles. The maximum absolute atomic E-state index is 10.3. The number of hydrogen-bond donors (Lipinski definition) is 1. The lowest BCUT2D eigenvalue weighted by Gasteiger charge is -2.55. The van der Waals surface area contributed by atoms with Crippen LogP contribution in [-0.4, -0.2) is 53.0 Å². The van der Waals surface area contributed by atoms with E-state index >= 15 is 0 Å². The summed E-state index contributed by atoms with van der Waals surface area (Å²) in [6.45, 7) is 8.51. The molecule has 98 valence electrons. The predicted molar refractivity (Wildman–Crippen MR) is 62.8 cm³/mol. The van der Waals surface area contributed by atoms with Gasteiger partial charge in [0.2, 0.25) is 0 Å². The quantitative estimate of drug-likeness (QED) is 0.611. The molecule has 0 bridgehead atoms. The van der Waals surface area contributed by atoms with E-state index in [0.717, 1.165) is 10.9 Å². The van der Waals surface area contributed by atoms with E-state index in [0.29, 0.717) is 6.04 Å². The zero-order valence-electron chi connectivity index (χ0n) is 11.7. The summed E-state index contributed by atoms with van der Waals surface area (Å²) < 4.78 is 0.903. The van der Waals surface area contributed by atoms with Crippen LogP contribution in [0.25, 0.3) is 0 Å². The minimum Gasteiger partial charge on any atom is -1.00 e. The van der Waals surface area contributed by atoms with Crippen molar-refractivity contribution in [2.75, 3.05) is 21.1 Å². The second-order valence-corrected chi connectivity index (χ2v) is 6.95. The van der Waals surface area contributed by atoms with Gasteiger partial charge in [0.15, 0.2) is 0 Å². The first-order valence-electron chi connectivity index (χ1n) is 5.80. The predicted octanol–water partition coefficient (Wildman–Crippen LogP) is -0.893. The molecule has 4 heteroatoms. The Kier molecular flexibility index (Phi) is 4.49. The maximum atomic E-state index is 10.3. The largest absolute Gasteiger partial charge is 1.00 e. The van der Waals surface area contributed by atoms with E-state index in [1.807, 2.05) is 0 Å². The summed E-state index contributed by atoms with van der Waals surface area (Å²) in [5, 5.41) is 11.9. The molecule has 1 rings (SSSR count). The SMILES string of the molecule is CC1(C)CCC([N+](C)(C)C)C(C)(C)N1O.[Cl-]. The molecule has 0 aromatic heterocycles. The van der Waals surface area contributed by atoms with Gasteiger partial charge in [0.1, 0.15) is 6.04 Å². The minimum atomic E-state index is -0.167. The molecule has 1 unspecified atom stereocenters. The van der Waals surface area contributed by atoms with Crippen LogP contribution >= 0.6 is 0 Å². The second-order valence-electron chi connectivity index (χ2n) is 6.95. The highest BCUT2D eigenvalue weighted by Gasteiger charge is 2.52. The van der Waals surface area contributed by atoms with Gasteiger partial charge in [-0.25, -0.2) is 0 Å². The fraction of sp³-hybridized carbons (Fsp3) is 1.00. The molecule has 1 N–H and O–H groups in total. The van der Waals surface area contributed by atoms with Crippen LogP contribution in [0.5, 0.6) is 0 Å². The van der Waals surface area contributed by atoms with Crippen LogP contribution in [-0.2, 0) is 0 Å². The van der Waals surface area contributed by atoms with E-state index in [1.54, 1.807) is 5.06 Å². The highest BCUT2D eigenvalue weighted by atomic mass is 35.5. The molecule has 1 saturated heterocycles. The molecular formula is C12H27ClN2O. The van der Waals surface area contributed by atoms with Crippen molar-refractivity contribution < 1.29 is 22.1 Å². The molecule has 0 saturated carbocycles. The molecule has 1 atom stereocenters. The zero-order chi connectivity index (χ0) is 12.1. The van der Waals surface area contributed by atoms with Gasteiger partial charge in [-0.15, -0.1) is 0 Å². The molecule has 0 amide bonds. The Morgan fingerprint density at radius 2 is 1.56 bits per heavy atom. The maximum Gasteiger partial charge on any atom is 0.109 e. The van der Waals surface area contributed by atoms with Gasteiger partial charge in [0, 0.05) is 12.0 Å². The number of quaternary nitrogens is 1. The van der Waals surface area contributed by atoms with E-state index in [9.17, 15) is 5.21 Å². The normalized spacial score (nSPS) is 29.6. The van der Waals surface area contributed by atoms with Gasteiger partial charge >= 0.3 is 0 Å². The van der Waals surface area contributed by atoms with Crippen molar-refractivity contribution in [3.8, 4) is 0 Å². The van der Waals surface area contributed by atoms with E-state index in [-0.39, 0.29) is 23.5 Å². The fourth-order valence-electron chi connectivity index (χ4n) is 3.21. The van der Waals surface area contributed by atoms with Gasteiger partial charge < -0.3 is 22.1 Å². The molecule has 0 aliphatic carbocycles. The number of likely N-dealkylation sites (N-methyl/N-ethyl adjacent to an activating group) is 1. The Labute approximate surface area is 106 Å². The van der Waals surface area contributed by atoms with Crippen molar-refractivity contribution in [2.24, 2.45) is 0 Å². The summed E-state index contributed by atoms with van der Waals surface area (Å²) >= 11 is 0. The Hall–Kier alpha value is 0.170. The van der Waals surface area contributed by atoms with Crippen LogP contribution in [0, 0.1) is 0 Å². The summed E-state index contributed by atoms with van der Waals surface area (Å²) in [5.41, 5.74) is -0.269. The van der Waals surface area contributed by atoms with Crippen LogP contribution in [0.4, 0.5) is 0 Å². The first-order valence-corrected chi connectivity index (χ1v) is 5.80. The highest BCUT2D eigenvalue weighted by molar-refractivity contribution is 4.98. The molecule has 3 nitrogen and oxygen atoms in total. The number of rotatable bonds is 1. The van der Waals surface area contributed by atoms with Crippen molar-refractivity contribution >= 4 is 0 Å². The standard InChI is InChI=1S/C12H27N2O.ClH/c1-11(2)9-8-10(14(5,6)7)12(3,4)13(11)15;/h10,15H,8-9H2,1-7H3;1H/q+1;/p-1. The summed E-state index contributed by atoms with van der Waals surface area (Å²) in [4.78, 5) is 0. The topological polar surface area (TPSA) is 23.5 Å². The van der Waals surface area contributed by atoms with Crippen molar-refractivity contribution in [1.29, 1.82) is 0 Å². The van der Waals surface area contributed by atoms with Crippen molar-refractivity contribution in [3.05, 3.63) is 0 Å². The number of hydrogen-bond acceptors (Lipinski definition) is 2. The Morgan fingerprint density at radius 3 is 1.94 bits per heavy atom. The number of hydroxylamine groups is 2. The van der Waals surface area contributed by atoms with Crippen molar-refractivity contribution in [3.63, 3.8) is 0 Å². The molecule has 0 spiro atoms. The van der Waals surface area contributed by atoms with Crippen LogP contribution in [0.3, 0.4) is 0 Å². The molecule has 16 heavy (non-hydrogen) atoms. The molecule has 1 aliphatic rings. The van der Waals surface area contributed by atoms with Crippen LogP contribution < -0.4 is 12.4 Å². The molecule has 0 aromatic carbocycles. The molecule has 1 aliphatic heterocycles. The lowest BCUT2D eigenvalue weighted by molar-refractivity contribution is -0.904. The highest BCUT2D eigenvalue weighted by Crippen LogP contribution is 2.39. The molecule has 0 radical (unpaired) electrons. The van der Waals surface area contributed by atoms with Gasteiger partial charge in [-0.2, -0.15) is 5.06 Å². The van der Waals surface area contributed by atoms with Gasteiger partial charge in [-0.1, -0.05) is 0 Å². The van der Waals surface area contributed by atoms with Crippen molar-refractivity contribution in [2.45, 2.75) is 57.7 Å². The third-order valence-corrected chi connectivity index (χ3v) is 3.90. The van der Waals surface area contributed by atoms with Crippen LogP contribution in [0.15, 0.2) is 0 Å². The van der Waals surface area contributed by atoms with Crippen LogP contribution in [0.1, 0.15) is 40.5 Å². The second kappa shape index (κ2) is 4.45. The average Bonchev–Trinajstić information content (AvgIpc) is 1.97. The van der Waals surface area contributed by atoms with Gasteiger partial charge in [0.25, 0.3) is 0 Å². The summed E-state index contributed by atoms with van der Waals surface area (Å²) in [7, 11) is 6.62. The Balaban J connectivity index is 0.00000225. The first-order chi connectivity index (χ1) is 6.49.